The molecular formula is C20H23NO3S. The van der Waals surface area contributed by atoms with E-state index < -0.39 is 6.10 Å². The first-order valence-electron chi connectivity index (χ1n) is 8.36. The van der Waals surface area contributed by atoms with Crippen LogP contribution < -0.4 is 0 Å². The summed E-state index contributed by atoms with van der Waals surface area (Å²) in [5.41, 5.74) is 1.24. The highest BCUT2D eigenvalue weighted by Gasteiger charge is 2.14. The minimum atomic E-state index is -0.543. The van der Waals surface area contributed by atoms with Crippen LogP contribution in [0.5, 0.6) is 0 Å². The Bertz CT molecular complexity index is 698. The van der Waals surface area contributed by atoms with Gasteiger partial charge in [-0.05, 0) is 29.1 Å². The largest absolute Gasteiger partial charge is 0.467 e. The second-order valence-corrected chi connectivity index (χ2v) is 7.02. The number of benzene rings is 1. The molecule has 0 fully saturated rings. The highest BCUT2D eigenvalue weighted by Crippen LogP contribution is 2.15. The van der Waals surface area contributed by atoms with Crippen molar-refractivity contribution >= 4 is 11.3 Å². The Kier molecular flexibility index (Phi) is 6.82. The lowest BCUT2D eigenvalue weighted by atomic mass is 10.2. The molecule has 2 aromatic heterocycles. The van der Waals surface area contributed by atoms with Crippen LogP contribution in [-0.2, 0) is 24.4 Å². The maximum absolute atomic E-state index is 10.4. The van der Waals surface area contributed by atoms with Gasteiger partial charge in [-0.2, -0.15) is 0 Å². The Hall–Kier alpha value is -1.92. The van der Waals surface area contributed by atoms with Gasteiger partial charge in [-0.3, -0.25) is 4.90 Å². The van der Waals surface area contributed by atoms with Gasteiger partial charge in [-0.15, -0.1) is 11.3 Å². The Morgan fingerprint density at radius 2 is 1.92 bits per heavy atom. The predicted octanol–water partition coefficient (Wildman–Crippen LogP) is 3.92. The minimum absolute atomic E-state index is 0.288. The van der Waals surface area contributed by atoms with Crippen LogP contribution in [0, 0.1) is 0 Å². The fraction of sp³-hybridized carbons (Fsp3) is 0.300. The SMILES string of the molecule is O[C@H](COCc1ccco1)CN(Cc1ccccc1)Cc1cccs1. The van der Waals surface area contributed by atoms with E-state index in [0.717, 1.165) is 18.8 Å². The van der Waals surface area contributed by atoms with Crippen molar-refractivity contribution in [3.8, 4) is 0 Å². The van der Waals surface area contributed by atoms with Crippen molar-refractivity contribution < 1.29 is 14.3 Å². The molecule has 0 unspecified atom stereocenters. The zero-order valence-corrected chi connectivity index (χ0v) is 14.9. The summed E-state index contributed by atoms with van der Waals surface area (Å²) < 4.78 is 10.8. The summed E-state index contributed by atoms with van der Waals surface area (Å²) >= 11 is 1.74. The van der Waals surface area contributed by atoms with Crippen molar-refractivity contribution in [2.45, 2.75) is 25.8 Å². The first kappa shape index (κ1) is 17.9. The Balaban J connectivity index is 1.52. The van der Waals surface area contributed by atoms with E-state index in [0.29, 0.717) is 13.2 Å². The second kappa shape index (κ2) is 9.53. The third-order valence-electron chi connectivity index (χ3n) is 3.81. The van der Waals surface area contributed by atoms with Gasteiger partial charge in [-0.25, -0.2) is 0 Å². The summed E-state index contributed by atoms with van der Waals surface area (Å²) in [7, 11) is 0. The van der Waals surface area contributed by atoms with Crippen molar-refractivity contribution in [1.29, 1.82) is 0 Å². The van der Waals surface area contributed by atoms with Crippen LogP contribution in [0.2, 0.25) is 0 Å². The fourth-order valence-corrected chi connectivity index (χ4v) is 3.44. The van der Waals surface area contributed by atoms with E-state index in [-0.39, 0.29) is 6.61 Å². The molecule has 3 rings (SSSR count). The summed E-state index contributed by atoms with van der Waals surface area (Å²) in [4.78, 5) is 3.54. The molecule has 4 nitrogen and oxygen atoms in total. The number of ether oxygens (including phenoxy) is 1. The number of aliphatic hydroxyl groups excluding tert-OH is 1. The number of hydrogen-bond donors (Lipinski definition) is 1. The van der Waals surface area contributed by atoms with Crippen molar-refractivity contribution in [2.75, 3.05) is 13.2 Å². The minimum Gasteiger partial charge on any atom is -0.467 e. The smallest absolute Gasteiger partial charge is 0.129 e. The lowest BCUT2D eigenvalue weighted by molar-refractivity contribution is 0.00268. The van der Waals surface area contributed by atoms with Crippen LogP contribution in [0.1, 0.15) is 16.2 Å². The van der Waals surface area contributed by atoms with Crippen LogP contribution in [0.3, 0.4) is 0 Å². The molecular weight excluding hydrogens is 334 g/mol. The predicted molar refractivity (Wildman–Crippen MR) is 99.2 cm³/mol. The molecule has 0 saturated heterocycles. The van der Waals surface area contributed by atoms with E-state index in [2.05, 4.69) is 34.5 Å². The number of hydrogen-bond acceptors (Lipinski definition) is 5. The van der Waals surface area contributed by atoms with E-state index in [1.165, 1.54) is 10.4 Å². The molecule has 0 aliphatic carbocycles. The van der Waals surface area contributed by atoms with E-state index in [1.54, 1.807) is 17.6 Å². The van der Waals surface area contributed by atoms with Crippen LogP contribution in [0.25, 0.3) is 0 Å². The molecule has 0 bridgehead atoms. The van der Waals surface area contributed by atoms with Crippen molar-refractivity contribution in [3.63, 3.8) is 0 Å². The molecule has 3 aromatic rings. The number of nitrogens with zero attached hydrogens (tertiary/aromatic N) is 1. The Morgan fingerprint density at radius 1 is 1.04 bits per heavy atom. The number of furan rings is 1. The molecule has 0 spiro atoms. The molecule has 0 aliphatic heterocycles. The van der Waals surface area contributed by atoms with Crippen molar-refractivity contribution in [3.05, 3.63) is 82.4 Å². The molecule has 25 heavy (non-hydrogen) atoms. The molecule has 1 aromatic carbocycles. The maximum Gasteiger partial charge on any atom is 0.129 e. The van der Waals surface area contributed by atoms with Gasteiger partial charge >= 0.3 is 0 Å². The molecule has 0 radical (unpaired) electrons. The van der Waals surface area contributed by atoms with Gasteiger partial charge in [0.05, 0.1) is 19.0 Å². The molecule has 1 N–H and O–H groups in total. The van der Waals surface area contributed by atoms with E-state index in [4.69, 9.17) is 9.15 Å². The van der Waals surface area contributed by atoms with Crippen LogP contribution in [0.4, 0.5) is 0 Å². The number of aliphatic hydroxyl groups is 1. The molecule has 5 heteroatoms. The first-order chi connectivity index (χ1) is 12.3. The maximum atomic E-state index is 10.4. The number of rotatable bonds is 10. The third kappa shape index (κ3) is 6.14. The monoisotopic (exact) mass is 357 g/mol. The summed E-state index contributed by atoms with van der Waals surface area (Å²) in [6, 6.07) is 18.2. The van der Waals surface area contributed by atoms with Gasteiger partial charge in [0.25, 0.3) is 0 Å². The zero-order chi connectivity index (χ0) is 17.3. The summed E-state index contributed by atoms with van der Waals surface area (Å²) in [6.45, 7) is 2.85. The van der Waals surface area contributed by atoms with Gasteiger partial charge < -0.3 is 14.3 Å². The summed E-state index contributed by atoms with van der Waals surface area (Å²) in [5, 5.41) is 12.4. The highest BCUT2D eigenvalue weighted by molar-refractivity contribution is 7.09. The lowest BCUT2D eigenvalue weighted by Gasteiger charge is -2.24. The fourth-order valence-electron chi connectivity index (χ4n) is 2.69. The van der Waals surface area contributed by atoms with Gasteiger partial charge in [0, 0.05) is 24.5 Å². The van der Waals surface area contributed by atoms with Gasteiger partial charge in [0.15, 0.2) is 0 Å². The summed E-state index contributed by atoms with van der Waals surface area (Å²) in [5.74, 6) is 0.770. The van der Waals surface area contributed by atoms with Gasteiger partial charge in [-0.1, -0.05) is 36.4 Å². The van der Waals surface area contributed by atoms with Crippen molar-refractivity contribution in [1.82, 2.24) is 4.90 Å². The van der Waals surface area contributed by atoms with Crippen LogP contribution >= 0.6 is 11.3 Å². The van der Waals surface area contributed by atoms with Crippen LogP contribution in [-0.4, -0.2) is 29.3 Å². The quantitative estimate of drug-likeness (QED) is 0.597. The second-order valence-electron chi connectivity index (χ2n) is 5.98. The van der Waals surface area contributed by atoms with Crippen molar-refractivity contribution in [2.24, 2.45) is 0 Å². The zero-order valence-electron chi connectivity index (χ0n) is 14.1. The average molecular weight is 357 g/mol. The number of thiophene rings is 1. The van der Waals surface area contributed by atoms with Gasteiger partial charge in [0.2, 0.25) is 0 Å². The standard InChI is InChI=1S/C20H23NO3S/c22-18(15-23-16-19-8-4-10-24-19)13-21(14-20-9-5-11-25-20)12-17-6-2-1-3-7-17/h1-11,18,22H,12-16H2/t18-/m0/s1. The Labute approximate surface area is 152 Å². The van der Waals surface area contributed by atoms with E-state index in [9.17, 15) is 5.11 Å². The highest BCUT2D eigenvalue weighted by atomic mass is 32.1. The summed E-state index contributed by atoms with van der Waals surface area (Å²) in [6.07, 6.45) is 1.08. The molecule has 0 aliphatic rings. The molecule has 1 atom stereocenters. The van der Waals surface area contributed by atoms with E-state index >= 15 is 0 Å². The van der Waals surface area contributed by atoms with Gasteiger partial charge in [0.1, 0.15) is 12.4 Å². The lowest BCUT2D eigenvalue weighted by Crippen LogP contribution is -2.34. The molecule has 0 amide bonds. The topological polar surface area (TPSA) is 45.8 Å². The molecule has 132 valence electrons. The normalized spacial score (nSPS) is 12.6. The molecule has 2 heterocycles. The Morgan fingerprint density at radius 3 is 2.64 bits per heavy atom. The third-order valence-corrected chi connectivity index (χ3v) is 4.67. The van der Waals surface area contributed by atoms with Crippen LogP contribution in [0.15, 0.2) is 70.7 Å². The van der Waals surface area contributed by atoms with E-state index in [1.807, 2.05) is 30.3 Å². The first-order valence-corrected chi connectivity index (χ1v) is 9.24. The molecule has 0 saturated carbocycles. The average Bonchev–Trinajstić information content (AvgIpc) is 3.29.